The Balaban J connectivity index is 2.71. The summed E-state index contributed by atoms with van der Waals surface area (Å²) in [6, 6.07) is 0. The third-order valence-electron chi connectivity index (χ3n) is 7.27. The molecule has 3 N–H and O–H groups in total. The third kappa shape index (κ3) is 3.90. The Morgan fingerprint density at radius 3 is 1.87 bits per heavy atom. The molecule has 0 aromatic heterocycles. The molecule has 1 atom stereocenters. The third-order valence-corrected chi connectivity index (χ3v) is 7.94. The zero-order chi connectivity index (χ0) is 23.1. The van der Waals surface area contributed by atoms with E-state index in [2.05, 4.69) is 12.6 Å². The molecular weight excluding hydrogens is 397 g/mol. The second kappa shape index (κ2) is 8.72. The lowest BCUT2D eigenvalue weighted by molar-refractivity contribution is -0.126. The average Bonchev–Trinajstić information content (AvgIpc) is 2.72. The van der Waals surface area contributed by atoms with E-state index in [1.807, 2.05) is 41.5 Å². The Morgan fingerprint density at radius 2 is 1.37 bits per heavy atom. The molecule has 3 nitrogen and oxygen atoms in total. The van der Waals surface area contributed by atoms with E-state index in [0.717, 1.165) is 38.3 Å². The number of hydrogen-bond acceptors (Lipinski definition) is 4. The predicted molar refractivity (Wildman–Crippen MR) is 124 cm³/mol. The van der Waals surface area contributed by atoms with Crippen LogP contribution in [0.5, 0.6) is 5.75 Å². The van der Waals surface area contributed by atoms with Gasteiger partial charge in [-0.3, -0.25) is 4.79 Å². The molecule has 0 radical (unpaired) electrons. The smallest absolute Gasteiger partial charge is 0.137 e. The van der Waals surface area contributed by atoms with Crippen LogP contribution in [0.25, 0.3) is 0 Å². The maximum atomic E-state index is 15.3. The maximum absolute atomic E-state index is 15.3. The van der Waals surface area contributed by atoms with Crippen molar-refractivity contribution in [3.63, 3.8) is 0 Å². The lowest BCUT2D eigenvalue weighted by Gasteiger charge is -2.33. The highest BCUT2D eigenvalue weighted by Gasteiger charge is 2.38. The molecule has 1 unspecified atom stereocenters. The molecule has 5 heteroatoms. The lowest BCUT2D eigenvalue weighted by Crippen LogP contribution is -2.42. The molecular formula is C25H34FNO2S. The summed E-state index contributed by atoms with van der Waals surface area (Å²) in [5, 5.41) is 10.9. The number of Topliss-reactive ketones (excluding diaryl/α,β-unsaturated/α-hetero) is 1. The first-order valence-corrected chi connectivity index (χ1v) is 10.7. The zero-order valence-corrected chi connectivity index (χ0v) is 20.3. The summed E-state index contributed by atoms with van der Waals surface area (Å²) in [4.78, 5) is 13.7. The van der Waals surface area contributed by atoms with Crippen LogP contribution in [0.15, 0.2) is 4.90 Å². The molecule has 0 spiro atoms. The van der Waals surface area contributed by atoms with Gasteiger partial charge in [0.25, 0.3) is 0 Å². The van der Waals surface area contributed by atoms with Crippen molar-refractivity contribution in [1.82, 2.24) is 0 Å². The van der Waals surface area contributed by atoms with Crippen LogP contribution in [0, 0.1) is 59.7 Å². The van der Waals surface area contributed by atoms with Gasteiger partial charge in [0.15, 0.2) is 0 Å². The number of aromatic hydroxyl groups is 1. The largest absolute Gasteiger partial charge is 0.507 e. The minimum absolute atomic E-state index is 0.0564. The van der Waals surface area contributed by atoms with Gasteiger partial charge in [0.05, 0.1) is 0 Å². The Morgan fingerprint density at radius 1 is 0.867 bits per heavy atom. The fraction of sp³-hybridized carbons (Fsp3) is 0.480. The number of benzene rings is 2. The molecule has 0 heterocycles. The topological polar surface area (TPSA) is 63.3 Å². The maximum Gasteiger partial charge on any atom is 0.137 e. The Labute approximate surface area is 185 Å². The predicted octanol–water partition coefficient (Wildman–Crippen LogP) is 5.30. The Kier molecular flexibility index (Phi) is 7.10. The highest BCUT2D eigenvalue weighted by atomic mass is 32.1. The minimum Gasteiger partial charge on any atom is -0.507 e. The normalized spacial score (nSPS) is 13.4. The quantitative estimate of drug-likeness (QED) is 0.544. The summed E-state index contributed by atoms with van der Waals surface area (Å²) < 4.78 is 15.3. The highest BCUT2D eigenvalue weighted by molar-refractivity contribution is 7.80. The van der Waals surface area contributed by atoms with E-state index in [-0.39, 0.29) is 36.7 Å². The monoisotopic (exact) mass is 431 g/mol. The molecule has 0 amide bonds. The summed E-state index contributed by atoms with van der Waals surface area (Å²) in [7, 11) is 0. The van der Waals surface area contributed by atoms with Gasteiger partial charge in [-0.05, 0) is 118 Å². The number of nitrogens with two attached hydrogens (primary N) is 1. The van der Waals surface area contributed by atoms with E-state index in [4.69, 9.17) is 5.73 Å². The summed E-state index contributed by atoms with van der Waals surface area (Å²) in [6.07, 6.45) is 0.419. The summed E-state index contributed by atoms with van der Waals surface area (Å²) in [6.45, 7) is 14.7. The summed E-state index contributed by atoms with van der Waals surface area (Å²) >= 11 is 4.61. The van der Waals surface area contributed by atoms with Gasteiger partial charge in [0, 0.05) is 16.9 Å². The van der Waals surface area contributed by atoms with Gasteiger partial charge in [-0.25, -0.2) is 4.39 Å². The van der Waals surface area contributed by atoms with Crippen LogP contribution in [-0.2, 0) is 17.6 Å². The van der Waals surface area contributed by atoms with Gasteiger partial charge >= 0.3 is 0 Å². The van der Waals surface area contributed by atoms with Crippen LogP contribution >= 0.6 is 12.6 Å². The van der Waals surface area contributed by atoms with Gasteiger partial charge in [-0.2, -0.15) is 0 Å². The molecule has 0 bridgehead atoms. The fourth-order valence-corrected chi connectivity index (χ4v) is 4.53. The van der Waals surface area contributed by atoms with E-state index >= 15 is 4.39 Å². The molecule has 0 aliphatic rings. The van der Waals surface area contributed by atoms with Crippen LogP contribution in [0.4, 0.5) is 4.39 Å². The molecule has 2 aromatic carbocycles. The molecule has 0 aliphatic heterocycles. The van der Waals surface area contributed by atoms with Crippen LogP contribution in [-0.4, -0.2) is 17.4 Å². The first kappa shape index (κ1) is 24.4. The van der Waals surface area contributed by atoms with Crippen molar-refractivity contribution in [1.29, 1.82) is 0 Å². The molecule has 2 rings (SSSR count). The van der Waals surface area contributed by atoms with Crippen molar-refractivity contribution in [2.75, 3.05) is 6.54 Å². The van der Waals surface area contributed by atoms with Gasteiger partial charge < -0.3 is 10.8 Å². The minimum atomic E-state index is -1.02. The number of carbonyl (C=O) groups is 1. The van der Waals surface area contributed by atoms with Crippen LogP contribution in [0.2, 0.25) is 0 Å². The number of ketones is 1. The standard InChI is InChI=1S/C25H34FNO2S/c1-12-13(2)15(4)22(26)20(14(12)3)9-25(11-27,19(8)28)10-21-18(7)24(30)17(6)16(5)23(21)29/h29-30H,9-11,27H2,1-8H3. The Bertz CT molecular complexity index is 897. The number of thiol groups is 1. The highest BCUT2D eigenvalue weighted by Crippen LogP contribution is 2.40. The molecule has 0 fully saturated rings. The number of phenols is 1. The van der Waals surface area contributed by atoms with Crippen molar-refractivity contribution in [2.24, 2.45) is 11.1 Å². The van der Waals surface area contributed by atoms with Gasteiger partial charge in [0.1, 0.15) is 17.3 Å². The van der Waals surface area contributed by atoms with E-state index in [9.17, 15) is 9.90 Å². The zero-order valence-electron chi connectivity index (χ0n) is 19.4. The van der Waals surface area contributed by atoms with E-state index in [1.54, 1.807) is 6.92 Å². The molecule has 164 valence electrons. The number of phenolic OH excluding ortho intramolecular Hbond substituents is 1. The second-order valence-electron chi connectivity index (χ2n) is 8.74. The number of halogens is 1. The van der Waals surface area contributed by atoms with Crippen molar-refractivity contribution in [3.8, 4) is 5.75 Å². The van der Waals surface area contributed by atoms with E-state index < -0.39 is 5.41 Å². The van der Waals surface area contributed by atoms with Gasteiger partial charge in [0.2, 0.25) is 0 Å². The number of rotatable bonds is 6. The van der Waals surface area contributed by atoms with Crippen molar-refractivity contribution in [3.05, 3.63) is 55.9 Å². The van der Waals surface area contributed by atoms with E-state index in [0.29, 0.717) is 16.7 Å². The van der Waals surface area contributed by atoms with Crippen LogP contribution in [0.3, 0.4) is 0 Å². The first-order chi connectivity index (χ1) is 13.8. The molecule has 30 heavy (non-hydrogen) atoms. The molecule has 2 aromatic rings. The molecule has 0 saturated heterocycles. The Hall–Kier alpha value is -1.85. The second-order valence-corrected chi connectivity index (χ2v) is 9.18. The van der Waals surface area contributed by atoms with Gasteiger partial charge in [-0.1, -0.05) is 0 Å². The van der Waals surface area contributed by atoms with Crippen LogP contribution < -0.4 is 5.73 Å². The summed E-state index contributed by atoms with van der Waals surface area (Å²) in [5.74, 6) is -0.224. The first-order valence-electron chi connectivity index (χ1n) is 10.3. The van der Waals surface area contributed by atoms with Crippen molar-refractivity contribution >= 4 is 18.4 Å². The van der Waals surface area contributed by atoms with E-state index in [1.165, 1.54) is 6.92 Å². The lowest BCUT2D eigenvalue weighted by atomic mass is 9.71. The molecule has 0 aliphatic carbocycles. The SMILES string of the molecule is CC(=O)C(CN)(Cc1c(C)c(S)c(C)c(C)c1O)Cc1c(C)c(C)c(C)c(C)c1F. The number of hydrogen-bond donors (Lipinski definition) is 3. The number of carbonyl (C=O) groups excluding carboxylic acids is 1. The fourth-order valence-electron chi connectivity index (χ4n) is 4.23. The van der Waals surface area contributed by atoms with Crippen molar-refractivity contribution < 1.29 is 14.3 Å². The molecule has 0 saturated carbocycles. The summed E-state index contributed by atoms with van der Waals surface area (Å²) in [5.41, 5.74) is 12.2. The van der Waals surface area contributed by atoms with Crippen molar-refractivity contribution in [2.45, 2.75) is 73.1 Å². The van der Waals surface area contributed by atoms with Crippen LogP contribution in [0.1, 0.15) is 57.0 Å². The average molecular weight is 432 g/mol. The van der Waals surface area contributed by atoms with Gasteiger partial charge in [-0.15, -0.1) is 12.6 Å².